The SMILES string of the molecule is CCC(C(=O)NCc1ccccc1)n1cnc2onc(-c3ccc(Cl)cc3)c2c1=O. The van der Waals surface area contributed by atoms with Gasteiger partial charge < -0.3 is 9.84 Å². The number of amides is 1. The zero-order valence-electron chi connectivity index (χ0n) is 16.2. The molecule has 0 radical (unpaired) electrons. The maximum absolute atomic E-state index is 13.2. The van der Waals surface area contributed by atoms with E-state index in [1.807, 2.05) is 37.3 Å². The zero-order valence-corrected chi connectivity index (χ0v) is 17.0. The average molecular weight is 423 g/mol. The van der Waals surface area contributed by atoms with Crippen LogP contribution in [-0.2, 0) is 11.3 Å². The smallest absolute Gasteiger partial charge is 0.267 e. The van der Waals surface area contributed by atoms with Crippen LogP contribution in [0.15, 0.2) is 70.2 Å². The van der Waals surface area contributed by atoms with Crippen molar-refractivity contribution in [2.24, 2.45) is 0 Å². The second-order valence-electron chi connectivity index (χ2n) is 6.80. The van der Waals surface area contributed by atoms with Crippen molar-refractivity contribution >= 4 is 28.6 Å². The van der Waals surface area contributed by atoms with Gasteiger partial charge in [-0.1, -0.05) is 66.1 Å². The molecule has 2 aromatic carbocycles. The summed E-state index contributed by atoms with van der Waals surface area (Å²) in [5, 5.41) is 7.70. The molecular weight excluding hydrogens is 404 g/mol. The number of benzene rings is 2. The van der Waals surface area contributed by atoms with Gasteiger partial charge in [0, 0.05) is 17.1 Å². The number of carbonyl (C=O) groups is 1. The Morgan fingerprint density at radius 3 is 2.60 bits per heavy atom. The largest absolute Gasteiger partial charge is 0.350 e. The summed E-state index contributed by atoms with van der Waals surface area (Å²) in [6.07, 6.45) is 1.76. The van der Waals surface area contributed by atoms with E-state index < -0.39 is 6.04 Å². The van der Waals surface area contributed by atoms with Crippen molar-refractivity contribution in [1.29, 1.82) is 0 Å². The number of nitrogens with one attached hydrogen (secondary N) is 1. The Balaban J connectivity index is 1.68. The van der Waals surface area contributed by atoms with E-state index in [1.165, 1.54) is 10.9 Å². The Hall–Kier alpha value is -3.45. The van der Waals surface area contributed by atoms with Gasteiger partial charge in [0.25, 0.3) is 11.3 Å². The molecule has 0 aliphatic carbocycles. The van der Waals surface area contributed by atoms with E-state index in [0.717, 1.165) is 5.56 Å². The fraction of sp³-hybridized carbons (Fsp3) is 0.182. The first-order valence-electron chi connectivity index (χ1n) is 9.52. The molecule has 1 unspecified atom stereocenters. The molecule has 2 heterocycles. The van der Waals surface area contributed by atoms with Crippen LogP contribution in [0.4, 0.5) is 0 Å². The number of hydrogen-bond donors (Lipinski definition) is 1. The highest BCUT2D eigenvalue weighted by molar-refractivity contribution is 6.30. The number of carbonyl (C=O) groups excluding carboxylic acids is 1. The van der Waals surface area contributed by atoms with Gasteiger partial charge in [-0.25, -0.2) is 4.98 Å². The van der Waals surface area contributed by atoms with Crippen molar-refractivity contribution in [2.75, 3.05) is 0 Å². The maximum atomic E-state index is 13.2. The molecule has 1 N–H and O–H groups in total. The molecule has 0 spiro atoms. The van der Waals surface area contributed by atoms with Gasteiger partial charge in [0.2, 0.25) is 5.91 Å². The second kappa shape index (κ2) is 8.51. The van der Waals surface area contributed by atoms with Crippen molar-refractivity contribution in [2.45, 2.75) is 25.9 Å². The quantitative estimate of drug-likeness (QED) is 0.507. The van der Waals surface area contributed by atoms with Gasteiger partial charge in [0.05, 0.1) is 0 Å². The van der Waals surface area contributed by atoms with Crippen LogP contribution < -0.4 is 10.9 Å². The highest BCUT2D eigenvalue weighted by atomic mass is 35.5. The first kappa shape index (κ1) is 19.8. The van der Waals surface area contributed by atoms with E-state index in [4.69, 9.17) is 16.1 Å². The molecule has 152 valence electrons. The summed E-state index contributed by atoms with van der Waals surface area (Å²) in [5.41, 5.74) is 1.77. The molecule has 0 aliphatic rings. The van der Waals surface area contributed by atoms with E-state index in [2.05, 4.69) is 15.5 Å². The van der Waals surface area contributed by atoms with Crippen molar-refractivity contribution in [3.63, 3.8) is 0 Å². The summed E-state index contributed by atoms with van der Waals surface area (Å²) in [5.74, 6) is -0.255. The summed E-state index contributed by atoms with van der Waals surface area (Å²) in [7, 11) is 0. The monoisotopic (exact) mass is 422 g/mol. The third kappa shape index (κ3) is 3.84. The molecule has 0 fully saturated rings. The van der Waals surface area contributed by atoms with E-state index in [-0.39, 0.29) is 22.6 Å². The first-order chi connectivity index (χ1) is 14.6. The molecule has 2 aromatic heterocycles. The van der Waals surface area contributed by atoms with Gasteiger partial charge >= 0.3 is 0 Å². The molecule has 4 rings (SSSR count). The number of nitrogens with zero attached hydrogens (tertiary/aromatic N) is 3. The Bertz CT molecular complexity index is 1230. The lowest BCUT2D eigenvalue weighted by atomic mass is 10.1. The summed E-state index contributed by atoms with van der Waals surface area (Å²) in [6, 6.07) is 15.8. The number of aromatic nitrogens is 3. The highest BCUT2D eigenvalue weighted by Crippen LogP contribution is 2.26. The number of rotatable bonds is 6. The topological polar surface area (TPSA) is 90.0 Å². The molecule has 7 nitrogen and oxygen atoms in total. The van der Waals surface area contributed by atoms with Crippen LogP contribution in [0.25, 0.3) is 22.4 Å². The van der Waals surface area contributed by atoms with Crippen LogP contribution in [0.3, 0.4) is 0 Å². The number of hydrogen-bond acceptors (Lipinski definition) is 5. The normalized spacial score (nSPS) is 12.1. The Morgan fingerprint density at radius 2 is 1.90 bits per heavy atom. The van der Waals surface area contributed by atoms with Gasteiger partial charge in [0.15, 0.2) is 0 Å². The average Bonchev–Trinajstić information content (AvgIpc) is 3.20. The minimum absolute atomic E-state index is 0.126. The molecule has 0 bridgehead atoms. The molecule has 1 atom stereocenters. The molecule has 0 saturated carbocycles. The lowest BCUT2D eigenvalue weighted by Crippen LogP contribution is -2.36. The third-order valence-electron chi connectivity index (χ3n) is 4.87. The number of halogens is 1. The second-order valence-corrected chi connectivity index (χ2v) is 7.24. The van der Waals surface area contributed by atoms with Crippen LogP contribution in [-0.4, -0.2) is 20.6 Å². The van der Waals surface area contributed by atoms with Crippen LogP contribution in [0.1, 0.15) is 24.9 Å². The molecule has 4 aromatic rings. The fourth-order valence-electron chi connectivity index (χ4n) is 3.30. The Kier molecular flexibility index (Phi) is 5.63. The Morgan fingerprint density at radius 1 is 1.17 bits per heavy atom. The lowest BCUT2D eigenvalue weighted by Gasteiger charge is -2.17. The molecule has 0 aliphatic heterocycles. The Labute approximate surface area is 177 Å². The van der Waals surface area contributed by atoms with Gasteiger partial charge in [-0.05, 0) is 24.1 Å². The minimum atomic E-state index is -0.703. The van der Waals surface area contributed by atoms with Crippen LogP contribution in [0.5, 0.6) is 0 Å². The van der Waals surface area contributed by atoms with E-state index in [1.54, 1.807) is 24.3 Å². The predicted octanol–water partition coefficient (Wildman–Crippen LogP) is 3.97. The predicted molar refractivity (Wildman–Crippen MR) is 114 cm³/mol. The molecular formula is C22H19ClN4O3. The molecule has 8 heteroatoms. The molecule has 0 saturated heterocycles. The van der Waals surface area contributed by atoms with Crippen LogP contribution in [0, 0.1) is 0 Å². The highest BCUT2D eigenvalue weighted by Gasteiger charge is 2.24. The summed E-state index contributed by atoms with van der Waals surface area (Å²) in [4.78, 5) is 30.3. The van der Waals surface area contributed by atoms with Crippen LogP contribution in [0.2, 0.25) is 5.02 Å². The maximum Gasteiger partial charge on any atom is 0.267 e. The van der Waals surface area contributed by atoms with Crippen molar-refractivity contribution in [3.05, 3.63) is 81.9 Å². The van der Waals surface area contributed by atoms with E-state index in [9.17, 15) is 9.59 Å². The lowest BCUT2D eigenvalue weighted by molar-refractivity contribution is -0.124. The standard InChI is InChI=1S/C22H19ClN4O3/c1-2-17(20(28)24-12-14-6-4-3-5-7-14)27-13-25-21-18(22(27)29)19(26-30-21)15-8-10-16(23)11-9-15/h3-11,13,17H,2,12H2,1H3,(H,24,28). The molecule has 30 heavy (non-hydrogen) atoms. The van der Waals surface area contributed by atoms with E-state index in [0.29, 0.717) is 29.2 Å². The van der Waals surface area contributed by atoms with Crippen molar-refractivity contribution in [3.8, 4) is 11.3 Å². The third-order valence-corrected chi connectivity index (χ3v) is 5.13. The zero-order chi connectivity index (χ0) is 21.1. The molecule has 1 amide bonds. The van der Waals surface area contributed by atoms with Gasteiger partial charge in [-0.3, -0.25) is 14.2 Å². The van der Waals surface area contributed by atoms with Gasteiger partial charge in [-0.15, -0.1) is 0 Å². The fourth-order valence-corrected chi connectivity index (χ4v) is 3.42. The van der Waals surface area contributed by atoms with Crippen molar-refractivity contribution in [1.82, 2.24) is 20.0 Å². The summed E-state index contributed by atoms with van der Waals surface area (Å²) < 4.78 is 6.57. The van der Waals surface area contributed by atoms with Gasteiger partial charge in [-0.2, -0.15) is 0 Å². The van der Waals surface area contributed by atoms with Crippen LogP contribution >= 0.6 is 11.6 Å². The van der Waals surface area contributed by atoms with Gasteiger partial charge in [0.1, 0.15) is 23.4 Å². The summed E-state index contributed by atoms with van der Waals surface area (Å²) >= 11 is 5.95. The minimum Gasteiger partial charge on any atom is -0.350 e. The van der Waals surface area contributed by atoms with Crippen molar-refractivity contribution < 1.29 is 9.32 Å². The number of fused-ring (bicyclic) bond motifs is 1. The summed E-state index contributed by atoms with van der Waals surface area (Å²) in [6.45, 7) is 2.22. The first-order valence-corrected chi connectivity index (χ1v) is 9.90. The van der Waals surface area contributed by atoms with E-state index >= 15 is 0 Å².